The molecule has 1 N–H and O–H groups in total. The van der Waals surface area contributed by atoms with Gasteiger partial charge in [-0.2, -0.15) is 5.10 Å². The van der Waals surface area contributed by atoms with Gasteiger partial charge < -0.3 is 15.0 Å². The van der Waals surface area contributed by atoms with E-state index in [0.717, 1.165) is 29.9 Å². The molecule has 0 saturated heterocycles. The maximum Gasteiger partial charge on any atom is 0.269 e. The lowest BCUT2D eigenvalue weighted by Gasteiger charge is -2.25. The van der Waals surface area contributed by atoms with E-state index in [1.54, 1.807) is 29.9 Å². The molecular formula is C23H25FN4O2. The van der Waals surface area contributed by atoms with Crippen LogP contribution >= 0.6 is 0 Å². The first kappa shape index (κ1) is 20.1. The smallest absolute Gasteiger partial charge is 0.269 e. The number of benzene rings is 2. The van der Waals surface area contributed by atoms with E-state index in [1.165, 1.54) is 17.7 Å². The molecule has 0 aliphatic carbocycles. The molecule has 1 unspecified atom stereocenters. The molecule has 6 nitrogen and oxygen atoms in total. The number of rotatable bonds is 6. The molecule has 7 heteroatoms. The molecule has 2 aromatic carbocycles. The predicted octanol–water partition coefficient (Wildman–Crippen LogP) is 3.19. The number of aromatic nitrogens is 2. The Labute approximate surface area is 175 Å². The van der Waals surface area contributed by atoms with Gasteiger partial charge in [-0.05, 0) is 61.6 Å². The molecule has 1 aliphatic heterocycles. The standard InChI is InChI=1S/C23H25FN4O2/c1-27(2)21(16-6-9-22-17(12-16)10-11-30-22)14-25-23(29)20-13-19(26-28(20)3)15-4-7-18(24)8-5-15/h4-9,12-13,21H,10-11,14H2,1-3H3,(H,25,29). The molecule has 2 heterocycles. The van der Waals surface area contributed by atoms with Crippen LogP contribution in [0.5, 0.6) is 5.75 Å². The van der Waals surface area contributed by atoms with Crippen molar-refractivity contribution >= 4 is 5.91 Å². The Bertz CT molecular complexity index is 1060. The molecule has 1 aromatic heterocycles. The fourth-order valence-electron chi connectivity index (χ4n) is 3.73. The fraction of sp³-hybridized carbons (Fsp3) is 0.304. The first-order valence-electron chi connectivity index (χ1n) is 9.92. The number of hydrogen-bond donors (Lipinski definition) is 1. The number of ether oxygens (including phenoxy) is 1. The van der Waals surface area contributed by atoms with Gasteiger partial charge >= 0.3 is 0 Å². The molecule has 1 aliphatic rings. The van der Waals surface area contributed by atoms with Crippen LogP contribution in [0.3, 0.4) is 0 Å². The van der Waals surface area contributed by atoms with Crippen molar-refractivity contribution in [3.8, 4) is 17.0 Å². The summed E-state index contributed by atoms with van der Waals surface area (Å²) in [7, 11) is 5.72. The van der Waals surface area contributed by atoms with Crippen LogP contribution in [0, 0.1) is 5.82 Å². The van der Waals surface area contributed by atoms with E-state index in [2.05, 4.69) is 27.4 Å². The Morgan fingerprint density at radius 1 is 1.23 bits per heavy atom. The summed E-state index contributed by atoms with van der Waals surface area (Å²) in [4.78, 5) is 14.9. The van der Waals surface area contributed by atoms with Gasteiger partial charge in [-0.15, -0.1) is 0 Å². The quantitative estimate of drug-likeness (QED) is 0.681. The highest BCUT2D eigenvalue weighted by Crippen LogP contribution is 2.29. The number of nitrogens with zero attached hydrogens (tertiary/aromatic N) is 3. The maximum absolute atomic E-state index is 13.2. The zero-order chi connectivity index (χ0) is 21.3. The molecule has 3 aromatic rings. The predicted molar refractivity (Wildman–Crippen MR) is 113 cm³/mol. The van der Waals surface area contributed by atoms with Crippen LogP contribution in [0.25, 0.3) is 11.3 Å². The van der Waals surface area contributed by atoms with Gasteiger partial charge in [0.05, 0.1) is 18.3 Å². The van der Waals surface area contributed by atoms with Crippen LogP contribution in [-0.2, 0) is 13.5 Å². The van der Waals surface area contributed by atoms with Gasteiger partial charge in [0.25, 0.3) is 5.91 Å². The molecule has 0 radical (unpaired) electrons. The average Bonchev–Trinajstić information content (AvgIpc) is 3.34. The van der Waals surface area contributed by atoms with E-state index in [9.17, 15) is 9.18 Å². The molecule has 0 bridgehead atoms. The van der Waals surface area contributed by atoms with E-state index in [1.807, 2.05) is 20.2 Å². The Kier molecular flexibility index (Phi) is 5.55. The van der Waals surface area contributed by atoms with Crippen molar-refractivity contribution in [1.29, 1.82) is 0 Å². The van der Waals surface area contributed by atoms with Gasteiger partial charge in [-0.1, -0.05) is 12.1 Å². The second kappa shape index (κ2) is 8.28. The van der Waals surface area contributed by atoms with Crippen LogP contribution in [-0.4, -0.2) is 47.8 Å². The molecule has 4 rings (SSSR count). The summed E-state index contributed by atoms with van der Waals surface area (Å²) in [5, 5.41) is 7.43. The third-order valence-corrected chi connectivity index (χ3v) is 5.43. The minimum Gasteiger partial charge on any atom is -0.493 e. The summed E-state index contributed by atoms with van der Waals surface area (Å²) >= 11 is 0. The minimum atomic E-state index is -0.305. The van der Waals surface area contributed by atoms with E-state index in [-0.39, 0.29) is 17.8 Å². The normalized spacial score (nSPS) is 13.8. The van der Waals surface area contributed by atoms with Crippen molar-refractivity contribution in [3.63, 3.8) is 0 Å². The lowest BCUT2D eigenvalue weighted by atomic mass is 10.0. The zero-order valence-corrected chi connectivity index (χ0v) is 17.4. The molecule has 0 spiro atoms. The highest BCUT2D eigenvalue weighted by atomic mass is 19.1. The summed E-state index contributed by atoms with van der Waals surface area (Å²) in [5.41, 5.74) is 4.19. The van der Waals surface area contributed by atoms with Crippen LogP contribution < -0.4 is 10.1 Å². The highest BCUT2D eigenvalue weighted by molar-refractivity contribution is 5.93. The van der Waals surface area contributed by atoms with Gasteiger partial charge in [-0.25, -0.2) is 4.39 Å². The molecule has 30 heavy (non-hydrogen) atoms. The van der Waals surface area contributed by atoms with Gasteiger partial charge in [0.15, 0.2) is 0 Å². The Balaban J connectivity index is 1.48. The summed E-state index contributed by atoms with van der Waals surface area (Å²) < 4.78 is 20.3. The molecule has 1 amide bonds. The highest BCUT2D eigenvalue weighted by Gasteiger charge is 2.21. The lowest BCUT2D eigenvalue weighted by molar-refractivity contribution is 0.0932. The Morgan fingerprint density at radius 2 is 2.00 bits per heavy atom. The number of carbonyl (C=O) groups is 1. The largest absolute Gasteiger partial charge is 0.493 e. The number of amides is 1. The van der Waals surface area contributed by atoms with Crippen molar-refractivity contribution < 1.29 is 13.9 Å². The SMILES string of the molecule is CN(C)C(CNC(=O)c1cc(-c2ccc(F)cc2)nn1C)c1ccc2c(c1)CCO2. The second-order valence-corrected chi connectivity index (χ2v) is 7.70. The maximum atomic E-state index is 13.2. The summed E-state index contributed by atoms with van der Waals surface area (Å²) in [5.74, 6) is 0.443. The number of aryl methyl sites for hydroxylation is 1. The second-order valence-electron chi connectivity index (χ2n) is 7.70. The number of halogens is 1. The molecular weight excluding hydrogens is 383 g/mol. The molecule has 156 valence electrons. The topological polar surface area (TPSA) is 59.4 Å². The minimum absolute atomic E-state index is 0.0321. The molecule has 0 saturated carbocycles. The van der Waals surface area contributed by atoms with Crippen molar-refractivity contribution in [2.75, 3.05) is 27.2 Å². The number of nitrogens with one attached hydrogen (secondary N) is 1. The monoisotopic (exact) mass is 408 g/mol. The van der Waals surface area contributed by atoms with E-state index >= 15 is 0 Å². The van der Waals surface area contributed by atoms with E-state index in [4.69, 9.17) is 4.74 Å². The first-order valence-corrected chi connectivity index (χ1v) is 9.92. The van der Waals surface area contributed by atoms with Crippen LogP contribution in [0.15, 0.2) is 48.5 Å². The van der Waals surface area contributed by atoms with Crippen molar-refractivity contribution in [2.45, 2.75) is 12.5 Å². The summed E-state index contributed by atoms with van der Waals surface area (Å²) in [6, 6.07) is 14.0. The van der Waals surface area contributed by atoms with E-state index < -0.39 is 0 Å². The molecule has 0 fully saturated rings. The third kappa shape index (κ3) is 4.07. The summed E-state index contributed by atoms with van der Waals surface area (Å²) in [6.07, 6.45) is 0.914. The van der Waals surface area contributed by atoms with Gasteiger partial charge in [0.1, 0.15) is 17.3 Å². The third-order valence-electron chi connectivity index (χ3n) is 5.43. The van der Waals surface area contributed by atoms with Crippen molar-refractivity contribution in [2.24, 2.45) is 7.05 Å². The van der Waals surface area contributed by atoms with Crippen molar-refractivity contribution in [1.82, 2.24) is 20.0 Å². The fourth-order valence-corrected chi connectivity index (χ4v) is 3.73. The van der Waals surface area contributed by atoms with Crippen LogP contribution in [0.2, 0.25) is 0 Å². The number of hydrogen-bond acceptors (Lipinski definition) is 4. The summed E-state index contributed by atoms with van der Waals surface area (Å²) in [6.45, 7) is 1.18. The number of carbonyl (C=O) groups excluding carboxylic acids is 1. The van der Waals surface area contributed by atoms with Crippen molar-refractivity contribution in [3.05, 3.63) is 71.2 Å². The lowest BCUT2D eigenvalue weighted by Crippen LogP contribution is -2.35. The van der Waals surface area contributed by atoms with Crippen LogP contribution in [0.4, 0.5) is 4.39 Å². The number of likely N-dealkylation sites (N-methyl/N-ethyl adjacent to an activating group) is 1. The van der Waals surface area contributed by atoms with Crippen LogP contribution in [0.1, 0.15) is 27.7 Å². The zero-order valence-electron chi connectivity index (χ0n) is 17.4. The van der Waals surface area contributed by atoms with Gasteiger partial charge in [0, 0.05) is 25.6 Å². The first-order chi connectivity index (χ1) is 14.4. The molecule has 1 atom stereocenters. The average molecular weight is 408 g/mol. The Morgan fingerprint density at radius 3 is 2.73 bits per heavy atom. The van der Waals surface area contributed by atoms with E-state index in [0.29, 0.717) is 17.9 Å². The van der Waals surface area contributed by atoms with Gasteiger partial charge in [-0.3, -0.25) is 9.48 Å². The Hall–Kier alpha value is -3.19. The number of fused-ring (bicyclic) bond motifs is 1. The van der Waals surface area contributed by atoms with Gasteiger partial charge in [0.2, 0.25) is 0 Å².